The van der Waals surface area contributed by atoms with Crippen molar-refractivity contribution in [1.29, 1.82) is 0 Å². The first kappa shape index (κ1) is 10.3. The van der Waals surface area contributed by atoms with Crippen LogP contribution in [-0.2, 0) is 4.74 Å². The predicted octanol–water partition coefficient (Wildman–Crippen LogP) is 1.24. The smallest absolute Gasteiger partial charge is 0.409 e. The molecule has 0 spiro atoms. The van der Waals surface area contributed by atoms with Crippen LogP contribution in [0.3, 0.4) is 0 Å². The molecule has 0 aromatic heterocycles. The van der Waals surface area contributed by atoms with Gasteiger partial charge in [0.25, 0.3) is 0 Å². The van der Waals surface area contributed by atoms with E-state index < -0.39 is 5.60 Å². The number of amides is 1. The monoisotopic (exact) mass is 185 g/mol. The molecule has 1 rings (SSSR count). The summed E-state index contributed by atoms with van der Waals surface area (Å²) >= 11 is 0. The van der Waals surface area contributed by atoms with Crippen molar-refractivity contribution in [1.82, 2.24) is 10.6 Å². The predicted molar refractivity (Wildman–Crippen MR) is 49.4 cm³/mol. The number of carbonyl (C=O) groups is 1. The molecule has 1 N–H and O–H groups in total. The average molecular weight is 185 g/mol. The van der Waals surface area contributed by atoms with Gasteiger partial charge in [-0.15, -0.1) is 0 Å². The van der Waals surface area contributed by atoms with Gasteiger partial charge in [0.05, 0.1) is 0 Å². The van der Waals surface area contributed by atoms with Crippen LogP contribution >= 0.6 is 0 Å². The Labute approximate surface area is 79.0 Å². The zero-order valence-electron chi connectivity index (χ0n) is 8.68. The van der Waals surface area contributed by atoms with E-state index in [1.807, 2.05) is 20.8 Å². The van der Waals surface area contributed by atoms with Gasteiger partial charge in [0, 0.05) is 7.05 Å². The van der Waals surface area contributed by atoms with Crippen LogP contribution in [0.1, 0.15) is 33.6 Å². The van der Waals surface area contributed by atoms with Gasteiger partial charge in [-0.25, -0.2) is 10.1 Å². The molecule has 1 fully saturated rings. The van der Waals surface area contributed by atoms with Crippen molar-refractivity contribution >= 4 is 6.09 Å². The van der Waals surface area contributed by atoms with Gasteiger partial charge >= 0.3 is 6.09 Å². The highest BCUT2D eigenvalue weighted by Gasteiger charge is 2.44. The molecule has 1 aliphatic rings. The number of rotatable bonds is 2. The zero-order valence-corrected chi connectivity index (χ0v) is 8.68. The number of hydrogen-bond acceptors (Lipinski definition) is 2. The van der Waals surface area contributed by atoms with E-state index in [1.165, 1.54) is 0 Å². The minimum Gasteiger partial charge on any atom is -0.444 e. The minimum absolute atomic E-state index is 0.317. The molecule has 0 unspecified atom stereocenters. The number of ether oxygens (including phenoxy) is 1. The lowest BCUT2D eigenvalue weighted by Crippen LogP contribution is -2.45. The molecule has 0 heterocycles. The number of nitrogens with one attached hydrogen (secondary N) is 1. The van der Waals surface area contributed by atoms with Crippen molar-refractivity contribution in [3.63, 3.8) is 0 Å². The van der Waals surface area contributed by atoms with Gasteiger partial charge in [-0.1, -0.05) is 0 Å². The molecule has 0 aromatic rings. The Balaban J connectivity index is 2.34. The van der Waals surface area contributed by atoms with Crippen LogP contribution in [0.5, 0.6) is 0 Å². The maximum Gasteiger partial charge on any atom is 0.409 e. The highest BCUT2D eigenvalue weighted by molar-refractivity contribution is 5.69. The van der Waals surface area contributed by atoms with Crippen LogP contribution in [0.2, 0.25) is 0 Å². The third-order valence-electron chi connectivity index (χ3n) is 1.89. The Bertz CT molecular complexity index is 204. The van der Waals surface area contributed by atoms with Gasteiger partial charge in [-0.2, -0.15) is 0 Å². The van der Waals surface area contributed by atoms with Crippen molar-refractivity contribution < 1.29 is 9.53 Å². The number of alkyl carbamates (subject to hydrolysis) is 1. The third-order valence-corrected chi connectivity index (χ3v) is 1.89. The van der Waals surface area contributed by atoms with Gasteiger partial charge in [-0.3, -0.25) is 0 Å². The Hall–Kier alpha value is -0.770. The molecule has 1 aliphatic carbocycles. The fourth-order valence-corrected chi connectivity index (χ4v) is 1.02. The topological polar surface area (TPSA) is 52.4 Å². The number of hydrogen-bond donors (Lipinski definition) is 1. The first-order chi connectivity index (χ1) is 5.87. The van der Waals surface area contributed by atoms with E-state index in [0.717, 1.165) is 12.8 Å². The zero-order chi connectivity index (χ0) is 10.1. The second kappa shape index (κ2) is 3.18. The lowest BCUT2D eigenvalue weighted by molar-refractivity contribution is 0.0486. The molecule has 0 saturated heterocycles. The normalized spacial score (nSPS) is 19.4. The quantitative estimate of drug-likeness (QED) is 0.703. The van der Waals surface area contributed by atoms with Gasteiger partial charge in [0.15, 0.2) is 0 Å². The Morgan fingerprint density at radius 3 is 2.31 bits per heavy atom. The van der Waals surface area contributed by atoms with Crippen LogP contribution in [0.15, 0.2) is 0 Å². The largest absolute Gasteiger partial charge is 0.444 e. The highest BCUT2D eigenvalue weighted by Crippen LogP contribution is 2.32. The third kappa shape index (κ3) is 3.22. The summed E-state index contributed by atoms with van der Waals surface area (Å²) in [5.74, 6) is 0. The lowest BCUT2D eigenvalue weighted by Gasteiger charge is -2.22. The summed E-state index contributed by atoms with van der Waals surface area (Å²) in [7, 11) is 1.71. The second-order valence-corrected chi connectivity index (χ2v) is 4.38. The van der Waals surface area contributed by atoms with Gasteiger partial charge in [-0.05, 0) is 33.6 Å². The van der Waals surface area contributed by atoms with Crippen LogP contribution in [-0.4, -0.2) is 24.4 Å². The van der Waals surface area contributed by atoms with E-state index in [1.54, 1.807) is 7.05 Å². The number of carbonyl (C=O) groups excluding carboxylic acids is 1. The van der Waals surface area contributed by atoms with E-state index in [9.17, 15) is 4.79 Å². The van der Waals surface area contributed by atoms with Gasteiger partial charge in [0.2, 0.25) is 0 Å². The first-order valence-electron chi connectivity index (χ1n) is 4.49. The van der Waals surface area contributed by atoms with Crippen molar-refractivity contribution in [2.45, 2.75) is 44.9 Å². The van der Waals surface area contributed by atoms with E-state index in [0.29, 0.717) is 0 Å². The molecule has 1 saturated carbocycles. The molecule has 4 heteroatoms. The summed E-state index contributed by atoms with van der Waals surface area (Å²) in [6.07, 6.45) is 1.46. The van der Waals surface area contributed by atoms with Gasteiger partial charge < -0.3 is 10.1 Å². The Morgan fingerprint density at radius 2 is 2.00 bits per heavy atom. The number of nitrogens with zero attached hydrogens (tertiary/aromatic N) is 1. The summed E-state index contributed by atoms with van der Waals surface area (Å²) in [6.45, 7) is 5.53. The summed E-state index contributed by atoms with van der Waals surface area (Å²) < 4.78 is 5.11. The fourth-order valence-electron chi connectivity index (χ4n) is 1.02. The molecule has 1 radical (unpaired) electrons. The maximum absolute atomic E-state index is 11.3. The van der Waals surface area contributed by atoms with Crippen LogP contribution < -0.4 is 10.6 Å². The van der Waals surface area contributed by atoms with Gasteiger partial charge in [0.1, 0.15) is 11.3 Å². The van der Waals surface area contributed by atoms with Crippen molar-refractivity contribution in [3.8, 4) is 0 Å². The molecule has 0 bridgehead atoms. The molecule has 75 valence electrons. The fraction of sp³-hybridized carbons (Fsp3) is 0.889. The van der Waals surface area contributed by atoms with Crippen molar-refractivity contribution in [2.24, 2.45) is 0 Å². The summed E-state index contributed by atoms with van der Waals surface area (Å²) in [4.78, 5) is 11.3. The van der Waals surface area contributed by atoms with Crippen molar-refractivity contribution in [3.05, 3.63) is 0 Å². The lowest BCUT2D eigenvalue weighted by atomic mass is 10.2. The Morgan fingerprint density at radius 1 is 1.46 bits per heavy atom. The molecule has 13 heavy (non-hydrogen) atoms. The first-order valence-corrected chi connectivity index (χ1v) is 4.49. The van der Waals surface area contributed by atoms with Crippen LogP contribution in [0, 0.1) is 0 Å². The molecule has 0 aromatic carbocycles. The molecular weight excluding hydrogens is 168 g/mol. The Kier molecular flexibility index (Phi) is 2.52. The van der Waals surface area contributed by atoms with Crippen LogP contribution in [0.4, 0.5) is 4.79 Å². The standard InChI is InChI=1S/C9H17N2O2/c1-8(2,3)13-7(12)11-9(10-4)5-6-9/h5-6H2,1-4H3,(H,11,12). The minimum atomic E-state index is -0.437. The molecule has 1 amide bonds. The summed E-state index contributed by atoms with van der Waals surface area (Å²) in [6, 6.07) is 0. The van der Waals surface area contributed by atoms with E-state index in [-0.39, 0.29) is 11.8 Å². The maximum atomic E-state index is 11.3. The highest BCUT2D eigenvalue weighted by atomic mass is 16.6. The van der Waals surface area contributed by atoms with E-state index >= 15 is 0 Å². The summed E-state index contributed by atoms with van der Waals surface area (Å²) in [5, 5.41) is 6.84. The molecule has 0 aliphatic heterocycles. The van der Waals surface area contributed by atoms with E-state index in [2.05, 4.69) is 10.6 Å². The van der Waals surface area contributed by atoms with Crippen molar-refractivity contribution in [2.75, 3.05) is 7.05 Å². The SMILES string of the molecule is C[N]C1(NC(=O)OC(C)(C)C)CC1. The second-order valence-electron chi connectivity index (χ2n) is 4.38. The molecular formula is C9H17N2O2. The van der Waals surface area contributed by atoms with Crippen LogP contribution in [0.25, 0.3) is 0 Å². The van der Waals surface area contributed by atoms with E-state index in [4.69, 9.17) is 4.74 Å². The summed E-state index contributed by atoms with van der Waals surface area (Å²) in [5.41, 5.74) is -0.754. The molecule has 0 atom stereocenters. The average Bonchev–Trinajstić information content (AvgIpc) is 2.65. The molecule has 4 nitrogen and oxygen atoms in total.